The Balaban J connectivity index is 0.00000153. The Labute approximate surface area is 194 Å². The van der Waals surface area contributed by atoms with E-state index >= 15 is 0 Å². The summed E-state index contributed by atoms with van der Waals surface area (Å²) in [5, 5.41) is 13.5. The smallest absolute Gasteiger partial charge is 0.274 e. The highest BCUT2D eigenvalue weighted by Crippen LogP contribution is 2.33. The SMILES string of the molecule is C.CNc1cc(Nc2cccn(C3CC(OC)C3)c2=O)nc2c(C(=O)NC3CC3)cnn12.[BH]. The van der Waals surface area contributed by atoms with Gasteiger partial charge >= 0.3 is 0 Å². The average Bonchev–Trinajstić information content (AvgIpc) is 3.44. The van der Waals surface area contributed by atoms with Crippen LogP contribution < -0.4 is 21.5 Å². The molecule has 10 nitrogen and oxygen atoms in total. The number of hydrogen-bond acceptors (Lipinski definition) is 7. The molecule has 0 aromatic carbocycles. The summed E-state index contributed by atoms with van der Waals surface area (Å²) >= 11 is 0. The molecule has 3 N–H and O–H groups in total. The summed E-state index contributed by atoms with van der Waals surface area (Å²) in [5.41, 5.74) is 1.13. The van der Waals surface area contributed by atoms with Gasteiger partial charge in [-0.25, -0.2) is 4.98 Å². The number of anilines is 3. The van der Waals surface area contributed by atoms with Crippen molar-refractivity contribution in [1.29, 1.82) is 0 Å². The molecule has 3 heterocycles. The molecule has 0 spiro atoms. The summed E-state index contributed by atoms with van der Waals surface area (Å²) in [4.78, 5) is 30.2. The Kier molecular flexibility index (Phi) is 7.11. The van der Waals surface area contributed by atoms with Gasteiger partial charge < -0.3 is 25.3 Å². The standard InChI is InChI=1S/C21H25N7O3.CH4.BH/c1-22-18-10-17(26-19-15(11-23-28(18)19)20(29)24-12-5-6-12)25-16-4-3-7-27(21(16)30)13-8-14(9-13)31-2;;/h3-4,7,10-14,22H,5-6,8-9H2,1-2H3,(H,24,29)(H,25,26);1H4;1H. The van der Waals surface area contributed by atoms with E-state index in [2.05, 4.69) is 26.0 Å². The molecule has 2 aliphatic carbocycles. The van der Waals surface area contributed by atoms with Crippen LogP contribution in [0.15, 0.2) is 35.4 Å². The predicted molar refractivity (Wildman–Crippen MR) is 130 cm³/mol. The average molecular weight is 451 g/mol. The van der Waals surface area contributed by atoms with Crippen LogP contribution in [0.4, 0.5) is 17.3 Å². The molecule has 1 amide bonds. The highest BCUT2D eigenvalue weighted by atomic mass is 16.5. The molecular weight excluding hydrogens is 421 g/mol. The maximum Gasteiger partial charge on any atom is 0.274 e. The number of nitrogens with zero attached hydrogens (tertiary/aromatic N) is 4. The molecule has 174 valence electrons. The third-order valence-electron chi connectivity index (χ3n) is 5.92. The lowest BCUT2D eigenvalue weighted by atomic mass is 9.89. The molecule has 3 aromatic rings. The van der Waals surface area contributed by atoms with Crippen LogP contribution in [0.1, 0.15) is 49.5 Å². The Morgan fingerprint density at radius 2 is 2.03 bits per heavy atom. The fourth-order valence-electron chi connectivity index (χ4n) is 3.84. The topological polar surface area (TPSA) is 115 Å². The Morgan fingerprint density at radius 1 is 1.27 bits per heavy atom. The summed E-state index contributed by atoms with van der Waals surface area (Å²) in [5.74, 6) is 0.913. The molecule has 2 saturated carbocycles. The van der Waals surface area contributed by atoms with Crippen LogP contribution in [-0.4, -0.2) is 59.8 Å². The zero-order valence-electron chi connectivity index (χ0n) is 18.2. The van der Waals surface area contributed by atoms with Crippen molar-refractivity contribution in [2.45, 2.75) is 51.3 Å². The summed E-state index contributed by atoms with van der Waals surface area (Å²) in [6.45, 7) is 0. The van der Waals surface area contributed by atoms with E-state index in [0.29, 0.717) is 28.5 Å². The van der Waals surface area contributed by atoms with E-state index in [1.165, 1.54) is 6.20 Å². The molecule has 2 aliphatic rings. The second-order valence-electron chi connectivity index (χ2n) is 8.06. The number of hydrogen-bond donors (Lipinski definition) is 3. The van der Waals surface area contributed by atoms with Crippen molar-refractivity contribution in [3.8, 4) is 0 Å². The van der Waals surface area contributed by atoms with Crippen LogP contribution in [0, 0.1) is 0 Å². The second-order valence-corrected chi connectivity index (χ2v) is 8.06. The Hall–Kier alpha value is -3.34. The second kappa shape index (κ2) is 9.66. The summed E-state index contributed by atoms with van der Waals surface area (Å²) in [6.07, 6.45) is 7.17. The number of fused-ring (bicyclic) bond motifs is 1. The molecule has 33 heavy (non-hydrogen) atoms. The van der Waals surface area contributed by atoms with Crippen LogP contribution in [-0.2, 0) is 4.74 Å². The van der Waals surface area contributed by atoms with Gasteiger partial charge in [-0.05, 0) is 37.8 Å². The zero-order chi connectivity index (χ0) is 21.5. The van der Waals surface area contributed by atoms with Crippen LogP contribution >= 0.6 is 0 Å². The molecule has 2 radical (unpaired) electrons. The van der Waals surface area contributed by atoms with E-state index in [-0.39, 0.29) is 45.5 Å². The first-order chi connectivity index (χ1) is 15.1. The third-order valence-corrected chi connectivity index (χ3v) is 5.92. The van der Waals surface area contributed by atoms with E-state index in [1.54, 1.807) is 41.6 Å². The van der Waals surface area contributed by atoms with Gasteiger partial charge in [0, 0.05) is 46.9 Å². The van der Waals surface area contributed by atoms with Crippen LogP contribution in [0.2, 0.25) is 0 Å². The summed E-state index contributed by atoms with van der Waals surface area (Å²) in [6, 6.07) is 5.70. The number of aromatic nitrogens is 4. The lowest BCUT2D eigenvalue weighted by Crippen LogP contribution is -2.37. The highest BCUT2D eigenvalue weighted by molar-refractivity contribution is 6.00. The fourth-order valence-corrected chi connectivity index (χ4v) is 3.84. The molecule has 5 rings (SSSR count). The van der Waals surface area contributed by atoms with Gasteiger partial charge in [-0.1, -0.05) is 7.43 Å². The quantitative estimate of drug-likeness (QED) is 0.470. The van der Waals surface area contributed by atoms with E-state index < -0.39 is 0 Å². The van der Waals surface area contributed by atoms with Crippen LogP contribution in [0.25, 0.3) is 5.65 Å². The van der Waals surface area contributed by atoms with Crippen LogP contribution in [0.5, 0.6) is 0 Å². The number of nitrogens with one attached hydrogen (secondary N) is 3. The first-order valence-electron chi connectivity index (χ1n) is 10.5. The van der Waals surface area contributed by atoms with E-state index in [9.17, 15) is 9.59 Å². The van der Waals surface area contributed by atoms with Gasteiger partial charge in [0.25, 0.3) is 11.5 Å². The maximum atomic E-state index is 13.0. The van der Waals surface area contributed by atoms with Crippen molar-refractivity contribution in [3.05, 3.63) is 46.5 Å². The number of ether oxygens (including phenoxy) is 1. The third kappa shape index (κ3) is 4.59. The van der Waals surface area contributed by atoms with Crippen molar-refractivity contribution >= 4 is 37.3 Å². The van der Waals surface area contributed by atoms with Crippen molar-refractivity contribution in [3.63, 3.8) is 0 Å². The number of carbonyl (C=O) groups excluding carboxylic acids is 1. The normalized spacial score (nSPS) is 19.1. The number of methoxy groups -OCH3 is 1. The van der Waals surface area contributed by atoms with Crippen molar-refractivity contribution < 1.29 is 9.53 Å². The van der Waals surface area contributed by atoms with Gasteiger partial charge in [-0.15, -0.1) is 0 Å². The first-order valence-corrected chi connectivity index (χ1v) is 10.5. The minimum Gasteiger partial charge on any atom is -0.381 e. The number of amides is 1. The van der Waals surface area contributed by atoms with Crippen molar-refractivity contribution in [2.75, 3.05) is 24.8 Å². The van der Waals surface area contributed by atoms with Gasteiger partial charge in [0.2, 0.25) is 0 Å². The molecule has 3 aromatic heterocycles. The zero-order valence-corrected chi connectivity index (χ0v) is 18.2. The van der Waals surface area contributed by atoms with Crippen molar-refractivity contribution in [1.82, 2.24) is 24.5 Å². The number of pyridine rings is 1. The van der Waals surface area contributed by atoms with E-state index in [1.807, 2.05) is 6.07 Å². The lowest BCUT2D eigenvalue weighted by molar-refractivity contribution is 0.00522. The minimum absolute atomic E-state index is 0. The molecule has 0 atom stereocenters. The molecule has 0 bridgehead atoms. The van der Waals surface area contributed by atoms with Gasteiger partial charge in [0.15, 0.2) is 5.65 Å². The molecule has 2 fully saturated rings. The number of rotatable bonds is 7. The van der Waals surface area contributed by atoms with Crippen molar-refractivity contribution in [2.24, 2.45) is 0 Å². The lowest BCUT2D eigenvalue weighted by Gasteiger charge is -2.35. The minimum atomic E-state index is -0.191. The number of carbonyl (C=O) groups is 1. The molecule has 0 unspecified atom stereocenters. The summed E-state index contributed by atoms with van der Waals surface area (Å²) < 4.78 is 8.65. The summed E-state index contributed by atoms with van der Waals surface area (Å²) in [7, 11) is 3.46. The van der Waals surface area contributed by atoms with Crippen LogP contribution in [0.3, 0.4) is 0 Å². The van der Waals surface area contributed by atoms with E-state index in [0.717, 1.165) is 25.7 Å². The molecule has 11 heteroatoms. The molecule has 0 saturated heterocycles. The molecule has 0 aliphatic heterocycles. The van der Waals surface area contributed by atoms with E-state index in [4.69, 9.17) is 4.74 Å². The van der Waals surface area contributed by atoms with Gasteiger partial charge in [-0.3, -0.25) is 9.59 Å². The Morgan fingerprint density at radius 3 is 2.70 bits per heavy atom. The van der Waals surface area contributed by atoms with Gasteiger partial charge in [0.1, 0.15) is 22.9 Å². The fraction of sp³-hybridized carbons (Fsp3) is 0.455. The highest BCUT2D eigenvalue weighted by Gasteiger charge is 2.31. The van der Waals surface area contributed by atoms with Gasteiger partial charge in [-0.2, -0.15) is 9.61 Å². The monoisotopic (exact) mass is 451 g/mol. The largest absolute Gasteiger partial charge is 0.381 e. The predicted octanol–water partition coefficient (Wildman–Crippen LogP) is 1.91. The Bertz CT molecular complexity index is 1200. The first kappa shape index (κ1) is 24.3. The maximum absolute atomic E-state index is 13.0. The molecular formula is C22H30BN7O3. The van der Waals surface area contributed by atoms with Gasteiger partial charge in [0.05, 0.1) is 12.3 Å².